The number of thioether (sulfide) groups is 1. The van der Waals surface area contributed by atoms with Gasteiger partial charge in [0.15, 0.2) is 5.16 Å². The summed E-state index contributed by atoms with van der Waals surface area (Å²) in [6, 6.07) is 14.2. The van der Waals surface area contributed by atoms with Gasteiger partial charge in [0.2, 0.25) is 11.8 Å². The highest BCUT2D eigenvalue weighted by Crippen LogP contribution is 2.22. The highest BCUT2D eigenvalue weighted by molar-refractivity contribution is 7.99. The summed E-state index contributed by atoms with van der Waals surface area (Å²) in [6.45, 7) is 5.38. The van der Waals surface area contributed by atoms with E-state index in [1.807, 2.05) is 56.1 Å². The van der Waals surface area contributed by atoms with Crippen molar-refractivity contribution in [1.29, 1.82) is 0 Å². The molecule has 166 valence electrons. The maximum Gasteiger partial charge on any atom is 0.233 e. The minimum Gasteiger partial charge on any atom is -0.337 e. The monoisotopic (exact) mass is 449 g/mol. The maximum atomic E-state index is 12.7. The van der Waals surface area contributed by atoms with Crippen molar-refractivity contribution in [2.75, 3.05) is 17.6 Å². The Hall–Kier alpha value is -3.13. The highest BCUT2D eigenvalue weighted by Gasteiger charge is 2.21. The molecule has 0 atom stereocenters. The third-order valence-corrected chi connectivity index (χ3v) is 6.71. The Bertz CT molecular complexity index is 1160. The summed E-state index contributed by atoms with van der Waals surface area (Å²) < 4.78 is 1.78. The van der Waals surface area contributed by atoms with E-state index in [-0.39, 0.29) is 18.2 Å². The molecule has 2 aromatic carbocycles. The Morgan fingerprint density at radius 3 is 2.66 bits per heavy atom. The van der Waals surface area contributed by atoms with E-state index in [1.165, 1.54) is 22.9 Å². The molecular weight excluding hydrogens is 422 g/mol. The zero-order chi connectivity index (χ0) is 22.7. The molecule has 0 saturated carbocycles. The maximum absolute atomic E-state index is 12.7. The van der Waals surface area contributed by atoms with Crippen LogP contribution in [-0.2, 0) is 36.0 Å². The van der Waals surface area contributed by atoms with Gasteiger partial charge >= 0.3 is 0 Å². The van der Waals surface area contributed by atoms with Gasteiger partial charge in [0.1, 0.15) is 5.82 Å². The van der Waals surface area contributed by atoms with E-state index in [0.717, 1.165) is 29.8 Å². The summed E-state index contributed by atoms with van der Waals surface area (Å²) in [7, 11) is 1.82. The third-order valence-electron chi connectivity index (χ3n) is 5.71. The molecule has 1 N–H and O–H groups in total. The number of hydrogen-bond donors (Lipinski definition) is 1. The van der Waals surface area contributed by atoms with Crippen LogP contribution in [0.5, 0.6) is 0 Å². The number of carbonyl (C=O) groups is 2. The van der Waals surface area contributed by atoms with E-state index in [4.69, 9.17) is 0 Å². The molecule has 8 heteroatoms. The van der Waals surface area contributed by atoms with E-state index in [9.17, 15) is 9.59 Å². The van der Waals surface area contributed by atoms with Crippen LogP contribution in [-0.4, -0.2) is 43.8 Å². The van der Waals surface area contributed by atoms with Gasteiger partial charge < -0.3 is 14.8 Å². The number of nitrogens with one attached hydrogen (secondary N) is 1. The number of rotatable bonds is 6. The Morgan fingerprint density at radius 1 is 1.09 bits per heavy atom. The van der Waals surface area contributed by atoms with E-state index < -0.39 is 0 Å². The third kappa shape index (κ3) is 5.02. The summed E-state index contributed by atoms with van der Waals surface area (Å²) in [5.74, 6) is 0.797. The number of aryl methyl sites for hydroxylation is 2. The predicted molar refractivity (Wildman–Crippen MR) is 126 cm³/mol. The number of aromatic nitrogens is 3. The van der Waals surface area contributed by atoms with Gasteiger partial charge in [-0.05, 0) is 43.0 Å². The molecule has 0 unspecified atom stereocenters. The van der Waals surface area contributed by atoms with Gasteiger partial charge in [-0.1, -0.05) is 53.7 Å². The Balaban J connectivity index is 1.32. The summed E-state index contributed by atoms with van der Waals surface area (Å²) >= 11 is 1.35. The molecule has 32 heavy (non-hydrogen) atoms. The molecule has 1 aliphatic heterocycles. The van der Waals surface area contributed by atoms with Gasteiger partial charge in [-0.2, -0.15) is 0 Å². The number of fused-ring (bicyclic) bond motifs is 1. The van der Waals surface area contributed by atoms with Crippen LogP contribution < -0.4 is 5.32 Å². The van der Waals surface area contributed by atoms with Crippen LogP contribution in [0.1, 0.15) is 28.1 Å². The normalized spacial score (nSPS) is 13.0. The smallest absolute Gasteiger partial charge is 0.233 e. The first-order valence-electron chi connectivity index (χ1n) is 10.6. The lowest BCUT2D eigenvalue weighted by atomic mass is 10.00. The zero-order valence-corrected chi connectivity index (χ0v) is 19.4. The molecule has 0 bridgehead atoms. The quantitative estimate of drug-likeness (QED) is 0.584. The van der Waals surface area contributed by atoms with Gasteiger partial charge in [0.05, 0.1) is 12.2 Å². The van der Waals surface area contributed by atoms with Crippen molar-refractivity contribution in [3.8, 4) is 0 Å². The molecule has 0 fully saturated rings. The van der Waals surface area contributed by atoms with Crippen LogP contribution in [0.4, 0.5) is 5.69 Å². The molecule has 0 radical (unpaired) electrons. The number of anilines is 1. The van der Waals surface area contributed by atoms with Gasteiger partial charge in [-0.25, -0.2) is 0 Å². The molecule has 1 aromatic heterocycles. The lowest BCUT2D eigenvalue weighted by Crippen LogP contribution is -2.37. The number of carbonyl (C=O) groups excluding carboxylic acids is 2. The van der Waals surface area contributed by atoms with Crippen molar-refractivity contribution in [3.63, 3.8) is 0 Å². The fraction of sp³-hybridized carbons (Fsp3) is 0.333. The van der Waals surface area contributed by atoms with E-state index >= 15 is 0 Å². The van der Waals surface area contributed by atoms with Gasteiger partial charge in [0, 0.05) is 25.8 Å². The zero-order valence-electron chi connectivity index (χ0n) is 18.6. The predicted octanol–water partition coefficient (Wildman–Crippen LogP) is 3.29. The van der Waals surface area contributed by atoms with Crippen LogP contribution in [0.25, 0.3) is 0 Å². The van der Waals surface area contributed by atoms with Gasteiger partial charge in [0.25, 0.3) is 0 Å². The second kappa shape index (κ2) is 9.56. The molecule has 7 nitrogen and oxygen atoms in total. The van der Waals surface area contributed by atoms with Crippen LogP contribution in [0.3, 0.4) is 0 Å². The van der Waals surface area contributed by atoms with Gasteiger partial charge in [-0.15, -0.1) is 10.2 Å². The fourth-order valence-electron chi connectivity index (χ4n) is 3.84. The first-order valence-corrected chi connectivity index (χ1v) is 11.6. The molecule has 0 saturated heterocycles. The van der Waals surface area contributed by atoms with E-state index in [0.29, 0.717) is 23.3 Å². The highest BCUT2D eigenvalue weighted by atomic mass is 32.2. The second-order valence-corrected chi connectivity index (χ2v) is 9.07. The Labute approximate surface area is 192 Å². The molecule has 4 rings (SSSR count). The first-order chi connectivity index (χ1) is 15.4. The van der Waals surface area contributed by atoms with Crippen molar-refractivity contribution < 1.29 is 9.59 Å². The summed E-state index contributed by atoms with van der Waals surface area (Å²) in [5.41, 5.74) is 5.50. The van der Waals surface area contributed by atoms with E-state index in [2.05, 4.69) is 27.6 Å². The van der Waals surface area contributed by atoms with Crippen LogP contribution in [0.2, 0.25) is 0 Å². The van der Waals surface area contributed by atoms with Crippen molar-refractivity contribution in [1.82, 2.24) is 19.7 Å². The standard InChI is InChI=1S/C24H27N5O2S/c1-16-8-9-20(17(2)12-16)25-22(30)13-21-26-27-24(28(21)3)32-15-23(31)29-11-10-18-6-4-5-7-19(18)14-29/h4-9,12H,10-11,13-15H2,1-3H3,(H,25,30). The number of hydrogen-bond acceptors (Lipinski definition) is 5. The lowest BCUT2D eigenvalue weighted by molar-refractivity contribution is -0.129. The SMILES string of the molecule is Cc1ccc(NC(=O)Cc2nnc(SCC(=O)N3CCc4ccccc4C3)n2C)c(C)c1. The van der Waals surface area contributed by atoms with E-state index in [1.54, 1.807) is 4.57 Å². The lowest BCUT2D eigenvalue weighted by Gasteiger charge is -2.28. The average Bonchev–Trinajstić information content (AvgIpc) is 3.12. The van der Waals surface area contributed by atoms with Crippen molar-refractivity contribution in [2.45, 2.75) is 38.4 Å². The molecule has 2 amide bonds. The number of nitrogens with zero attached hydrogens (tertiary/aromatic N) is 4. The summed E-state index contributed by atoms with van der Waals surface area (Å²) in [5, 5.41) is 11.9. The van der Waals surface area contributed by atoms with Gasteiger partial charge in [-0.3, -0.25) is 9.59 Å². The first kappa shape index (κ1) is 22.1. The Morgan fingerprint density at radius 2 is 1.88 bits per heavy atom. The Kier molecular flexibility index (Phi) is 6.60. The minimum absolute atomic E-state index is 0.0849. The molecule has 0 spiro atoms. The van der Waals surface area contributed by atoms with Crippen LogP contribution in [0, 0.1) is 13.8 Å². The minimum atomic E-state index is -0.146. The molecular formula is C24H27N5O2S. The molecule has 2 heterocycles. The fourth-order valence-corrected chi connectivity index (χ4v) is 4.68. The van der Waals surface area contributed by atoms with Crippen molar-refractivity contribution in [3.05, 3.63) is 70.5 Å². The number of benzene rings is 2. The molecule has 1 aliphatic rings. The second-order valence-electron chi connectivity index (χ2n) is 8.12. The molecule has 3 aromatic rings. The number of amides is 2. The van der Waals surface area contributed by atoms with Crippen molar-refractivity contribution in [2.24, 2.45) is 7.05 Å². The molecule has 0 aliphatic carbocycles. The summed E-state index contributed by atoms with van der Waals surface area (Å²) in [4.78, 5) is 27.1. The van der Waals surface area contributed by atoms with Crippen molar-refractivity contribution >= 4 is 29.3 Å². The largest absolute Gasteiger partial charge is 0.337 e. The average molecular weight is 450 g/mol. The van der Waals surface area contributed by atoms with Crippen LogP contribution in [0.15, 0.2) is 47.6 Å². The summed E-state index contributed by atoms with van der Waals surface area (Å²) in [6.07, 6.45) is 1.00. The topological polar surface area (TPSA) is 80.1 Å². The van der Waals surface area contributed by atoms with Crippen LogP contribution >= 0.6 is 11.8 Å².